The van der Waals surface area contributed by atoms with Crippen LogP contribution in [0.5, 0.6) is 0 Å². The molecule has 2 fully saturated rings. The van der Waals surface area contributed by atoms with Gasteiger partial charge in [-0.25, -0.2) is 4.90 Å². The highest BCUT2D eigenvalue weighted by Gasteiger charge is 2.89. The number of hydrogen-bond acceptors (Lipinski definition) is 6. The number of carbonyl (C=O) groups is 2. The van der Waals surface area contributed by atoms with Crippen LogP contribution in [0.1, 0.15) is 0 Å². The van der Waals surface area contributed by atoms with Gasteiger partial charge in [-0.05, 0) is 12.1 Å². The summed E-state index contributed by atoms with van der Waals surface area (Å²) in [4.78, 5) is 34.1. The predicted octanol–water partition coefficient (Wildman–Crippen LogP) is 3.36. The molecule has 0 N–H and O–H groups in total. The Balaban J connectivity index is 1.87. The molecule has 0 unspecified atom stereocenters. The average molecular weight is 482 g/mol. The minimum absolute atomic E-state index is 0.132. The Bertz CT molecular complexity index is 948. The number of alkyl halides is 2. The summed E-state index contributed by atoms with van der Waals surface area (Å²) in [5.74, 6) is -5.68. The van der Waals surface area contributed by atoms with Crippen LogP contribution in [0, 0.1) is 22.0 Å². The third-order valence-corrected chi connectivity index (χ3v) is 8.46. The summed E-state index contributed by atoms with van der Waals surface area (Å²) in [5.41, 5.74) is -0.0612. The van der Waals surface area contributed by atoms with Crippen molar-refractivity contribution in [3.05, 3.63) is 44.4 Å². The zero-order valence-electron chi connectivity index (χ0n) is 14.8. The van der Waals surface area contributed by atoms with Gasteiger partial charge in [-0.15, -0.1) is 23.2 Å². The number of hydrogen-bond donors (Lipinski definition) is 0. The van der Waals surface area contributed by atoms with Crippen molar-refractivity contribution in [2.24, 2.45) is 11.8 Å². The summed E-state index contributed by atoms with van der Waals surface area (Å²) in [5, 5.41) is 10.6. The van der Waals surface area contributed by atoms with Crippen LogP contribution in [0.3, 0.4) is 0 Å². The Morgan fingerprint density at radius 2 is 1.38 bits per heavy atom. The monoisotopic (exact) mass is 480 g/mol. The number of fused-ring (bicyclic) bond motifs is 5. The molecular weight excluding hydrogens is 470 g/mol. The highest BCUT2D eigenvalue weighted by atomic mass is 35.5. The fourth-order valence-corrected chi connectivity index (χ4v) is 6.84. The smallest absolute Gasteiger partial charge is 0.269 e. The number of methoxy groups -OCH3 is 2. The Morgan fingerprint density at radius 1 is 0.966 bits per heavy atom. The first-order valence-corrected chi connectivity index (χ1v) is 9.72. The van der Waals surface area contributed by atoms with Gasteiger partial charge >= 0.3 is 0 Å². The van der Waals surface area contributed by atoms with Crippen LogP contribution >= 0.6 is 46.4 Å². The normalized spacial score (nSPS) is 34.9. The number of rotatable bonds is 4. The number of imide groups is 1. The quantitative estimate of drug-likeness (QED) is 0.215. The number of ether oxygens (including phenoxy) is 2. The SMILES string of the molecule is COC1(OC)[C@@]2(Cl)C(Cl)=C(Cl)[C@]1(Cl)[C@H]1C(=O)N(c3ccc([N+](=O)[O-])cc3)C(=O)[C@H]12. The summed E-state index contributed by atoms with van der Waals surface area (Å²) >= 11 is 26.4. The summed E-state index contributed by atoms with van der Waals surface area (Å²) in [7, 11) is 2.53. The van der Waals surface area contributed by atoms with Gasteiger partial charge in [0, 0.05) is 26.4 Å². The van der Waals surface area contributed by atoms with E-state index in [1.165, 1.54) is 38.5 Å². The van der Waals surface area contributed by atoms with Gasteiger partial charge in [-0.2, -0.15) is 0 Å². The first kappa shape index (κ1) is 20.8. The predicted molar refractivity (Wildman–Crippen MR) is 105 cm³/mol. The summed E-state index contributed by atoms with van der Waals surface area (Å²) in [6.45, 7) is 0. The van der Waals surface area contributed by atoms with E-state index in [9.17, 15) is 19.7 Å². The van der Waals surface area contributed by atoms with E-state index >= 15 is 0 Å². The number of nitro groups is 1. The average Bonchev–Trinajstić information content (AvgIpc) is 3.12. The van der Waals surface area contributed by atoms with Crippen LogP contribution < -0.4 is 4.90 Å². The Labute approximate surface area is 184 Å². The van der Waals surface area contributed by atoms with E-state index in [0.717, 1.165) is 4.90 Å². The molecule has 1 heterocycles. The summed E-state index contributed by atoms with van der Waals surface area (Å²) in [6, 6.07) is 4.93. The third kappa shape index (κ3) is 2.05. The molecule has 2 aliphatic carbocycles. The molecule has 8 nitrogen and oxygen atoms in total. The van der Waals surface area contributed by atoms with E-state index in [1.54, 1.807) is 0 Å². The number of anilines is 1. The molecule has 3 aliphatic rings. The number of nitrogens with zero attached hydrogens (tertiary/aromatic N) is 2. The van der Waals surface area contributed by atoms with Gasteiger partial charge in [-0.3, -0.25) is 19.7 Å². The van der Waals surface area contributed by atoms with Crippen molar-refractivity contribution in [2.75, 3.05) is 19.1 Å². The molecule has 29 heavy (non-hydrogen) atoms. The van der Waals surface area contributed by atoms with Crippen LogP contribution in [0.2, 0.25) is 0 Å². The summed E-state index contributed by atoms with van der Waals surface area (Å²) in [6.07, 6.45) is 0. The van der Waals surface area contributed by atoms with E-state index in [2.05, 4.69) is 0 Å². The lowest BCUT2D eigenvalue weighted by atomic mass is 9.84. The van der Waals surface area contributed by atoms with E-state index in [4.69, 9.17) is 55.9 Å². The molecular formula is C17H12Cl4N2O6. The van der Waals surface area contributed by atoms with Gasteiger partial charge in [0.05, 0.1) is 32.5 Å². The number of non-ortho nitro benzene ring substituents is 1. The van der Waals surface area contributed by atoms with Gasteiger partial charge in [0.1, 0.15) is 9.75 Å². The van der Waals surface area contributed by atoms with Crippen molar-refractivity contribution < 1.29 is 24.0 Å². The van der Waals surface area contributed by atoms with Crippen molar-refractivity contribution in [2.45, 2.75) is 15.5 Å². The van der Waals surface area contributed by atoms with Crippen molar-refractivity contribution in [1.82, 2.24) is 0 Å². The summed E-state index contributed by atoms with van der Waals surface area (Å²) < 4.78 is 11.0. The second-order valence-corrected chi connectivity index (χ2v) is 8.77. The molecule has 4 atom stereocenters. The number of halogens is 4. The van der Waals surface area contributed by atoms with Crippen LogP contribution in [0.15, 0.2) is 34.3 Å². The molecule has 1 aliphatic heterocycles. The molecule has 1 aromatic carbocycles. The first-order valence-electron chi connectivity index (χ1n) is 8.21. The second-order valence-electron chi connectivity index (χ2n) is 6.82. The van der Waals surface area contributed by atoms with Crippen LogP contribution in [0.4, 0.5) is 11.4 Å². The topological polar surface area (TPSA) is 99.0 Å². The molecule has 0 radical (unpaired) electrons. The third-order valence-electron chi connectivity index (χ3n) is 5.85. The minimum Gasteiger partial charge on any atom is -0.350 e. The molecule has 1 aromatic rings. The molecule has 2 amide bonds. The van der Waals surface area contributed by atoms with Crippen molar-refractivity contribution >= 4 is 69.6 Å². The highest BCUT2D eigenvalue weighted by molar-refractivity contribution is 6.54. The van der Waals surface area contributed by atoms with Gasteiger partial charge in [0.25, 0.3) is 5.69 Å². The van der Waals surface area contributed by atoms with E-state index in [1.807, 2.05) is 0 Å². The van der Waals surface area contributed by atoms with Crippen molar-refractivity contribution in [3.8, 4) is 0 Å². The molecule has 2 bridgehead atoms. The van der Waals surface area contributed by atoms with E-state index in [0.29, 0.717) is 0 Å². The number of carbonyl (C=O) groups excluding carboxylic acids is 2. The molecule has 12 heteroatoms. The minimum atomic E-state index is -1.86. The Morgan fingerprint density at radius 3 is 1.72 bits per heavy atom. The van der Waals surface area contributed by atoms with Crippen LogP contribution in [0.25, 0.3) is 0 Å². The maximum atomic E-state index is 13.3. The second kappa shape index (κ2) is 6.29. The first-order chi connectivity index (χ1) is 13.5. The molecule has 154 valence electrons. The van der Waals surface area contributed by atoms with E-state index < -0.39 is 44.1 Å². The molecule has 4 rings (SSSR count). The van der Waals surface area contributed by atoms with Crippen LogP contribution in [-0.2, 0) is 19.1 Å². The fraction of sp³-hybridized carbons (Fsp3) is 0.412. The number of nitro benzene ring substituents is 1. The lowest BCUT2D eigenvalue weighted by Gasteiger charge is -2.42. The Hall–Kier alpha value is -1.42. The lowest BCUT2D eigenvalue weighted by Crippen LogP contribution is -2.60. The van der Waals surface area contributed by atoms with Gasteiger partial charge in [0.2, 0.25) is 17.6 Å². The molecule has 0 spiro atoms. The van der Waals surface area contributed by atoms with Crippen LogP contribution in [-0.4, -0.2) is 46.5 Å². The lowest BCUT2D eigenvalue weighted by molar-refractivity contribution is -0.384. The highest BCUT2D eigenvalue weighted by Crippen LogP contribution is 2.75. The van der Waals surface area contributed by atoms with Crippen molar-refractivity contribution in [3.63, 3.8) is 0 Å². The zero-order valence-corrected chi connectivity index (χ0v) is 17.8. The van der Waals surface area contributed by atoms with Gasteiger partial charge < -0.3 is 9.47 Å². The zero-order chi connectivity index (χ0) is 21.5. The number of benzene rings is 1. The number of amides is 2. The maximum Gasteiger partial charge on any atom is 0.269 e. The maximum absolute atomic E-state index is 13.3. The van der Waals surface area contributed by atoms with Crippen molar-refractivity contribution in [1.29, 1.82) is 0 Å². The molecule has 0 aromatic heterocycles. The van der Waals surface area contributed by atoms with E-state index in [-0.39, 0.29) is 21.4 Å². The van der Waals surface area contributed by atoms with Gasteiger partial charge in [0.15, 0.2) is 0 Å². The largest absolute Gasteiger partial charge is 0.350 e. The molecule has 1 saturated carbocycles. The fourth-order valence-electron chi connectivity index (χ4n) is 4.68. The standard InChI is InChI=1S/C17H12Cl4N2O6/c1-28-17(29-2)15(20)9-10(16(17,21)12(19)11(15)18)14(25)22(13(9)24)7-3-5-8(6-4-7)23(26)27/h3-6,9-10H,1-2H3/t9-,10+,15-,16+. The van der Waals surface area contributed by atoms with Gasteiger partial charge in [-0.1, -0.05) is 23.2 Å². The Kier molecular flexibility index (Phi) is 4.52. The molecule has 1 saturated heterocycles.